The van der Waals surface area contributed by atoms with E-state index in [0.717, 1.165) is 6.07 Å². The van der Waals surface area contributed by atoms with Crippen LogP contribution in [0, 0.1) is 0 Å². The maximum Gasteiger partial charge on any atom is 0.418 e. The van der Waals surface area contributed by atoms with E-state index in [1.54, 1.807) is 6.92 Å². The number of para-hydroxylation sites is 1. The number of rotatable bonds is 5. The third-order valence-electron chi connectivity index (χ3n) is 3.40. The van der Waals surface area contributed by atoms with Gasteiger partial charge in [0.05, 0.1) is 16.5 Å². The predicted octanol–water partition coefficient (Wildman–Crippen LogP) is 3.67. The Morgan fingerprint density at radius 3 is 2.62 bits per heavy atom. The molecule has 1 atom stereocenters. The van der Waals surface area contributed by atoms with E-state index >= 15 is 0 Å². The van der Waals surface area contributed by atoms with E-state index < -0.39 is 17.6 Å². The van der Waals surface area contributed by atoms with Crippen molar-refractivity contribution in [1.82, 2.24) is 4.90 Å². The van der Waals surface area contributed by atoms with Crippen molar-refractivity contribution in [2.24, 2.45) is 0 Å². The van der Waals surface area contributed by atoms with Crippen LogP contribution in [0.5, 0.6) is 0 Å². The van der Waals surface area contributed by atoms with Crippen molar-refractivity contribution in [3.8, 4) is 0 Å². The smallest absolute Gasteiger partial charge is 0.326 e. The summed E-state index contributed by atoms with van der Waals surface area (Å²) < 4.78 is 39.1. The Morgan fingerprint density at radius 1 is 1.38 bits per heavy atom. The number of alkyl halides is 3. The summed E-state index contributed by atoms with van der Waals surface area (Å²) in [5.41, 5.74) is -1.16. The predicted molar refractivity (Wildman–Crippen MR) is 90.7 cm³/mol. The molecule has 0 saturated carbocycles. The molecular weight excluding hydrogens is 361 g/mol. The number of anilines is 1. The lowest BCUT2D eigenvalue weighted by Gasteiger charge is -2.16. The van der Waals surface area contributed by atoms with E-state index in [9.17, 15) is 22.8 Å². The van der Waals surface area contributed by atoms with E-state index in [1.807, 2.05) is 0 Å². The highest BCUT2D eigenvalue weighted by Gasteiger charge is 2.34. The van der Waals surface area contributed by atoms with Crippen molar-refractivity contribution >= 4 is 45.8 Å². The molecule has 2 rings (SSSR count). The second-order valence-electron chi connectivity index (χ2n) is 5.21. The molecule has 1 fully saturated rings. The quantitative estimate of drug-likeness (QED) is 0.797. The Labute approximate surface area is 146 Å². The third kappa shape index (κ3) is 4.47. The summed E-state index contributed by atoms with van der Waals surface area (Å²) in [5.74, 6) is -0.641. The highest BCUT2D eigenvalue weighted by molar-refractivity contribution is 8.24. The minimum Gasteiger partial charge on any atom is -0.326 e. The Morgan fingerprint density at radius 2 is 2.04 bits per heavy atom. The molecule has 1 heterocycles. The molecule has 0 radical (unpaired) electrons. The number of nitrogens with one attached hydrogen (secondary N) is 1. The number of carbonyl (C=O) groups is 2. The summed E-state index contributed by atoms with van der Waals surface area (Å²) in [6, 6.07) is 4.80. The van der Waals surface area contributed by atoms with Gasteiger partial charge in [-0.15, -0.1) is 0 Å². The molecule has 0 aromatic heterocycles. The number of thiocarbonyl (C=S) groups is 1. The van der Waals surface area contributed by atoms with E-state index in [1.165, 1.54) is 34.9 Å². The molecule has 1 N–H and O–H groups in total. The van der Waals surface area contributed by atoms with Crippen LogP contribution in [0.3, 0.4) is 0 Å². The molecular formula is C15H15F3N2O2S2. The lowest BCUT2D eigenvalue weighted by molar-refractivity contribution is -0.137. The zero-order valence-corrected chi connectivity index (χ0v) is 14.4. The van der Waals surface area contributed by atoms with Crippen LogP contribution in [0.1, 0.15) is 25.3 Å². The highest BCUT2D eigenvalue weighted by Crippen LogP contribution is 2.34. The number of halogens is 3. The Balaban J connectivity index is 1.89. The van der Waals surface area contributed by atoms with Crippen molar-refractivity contribution < 1.29 is 22.8 Å². The Bertz CT molecular complexity index is 664. The molecule has 1 aliphatic rings. The van der Waals surface area contributed by atoms with Gasteiger partial charge in [-0.3, -0.25) is 14.5 Å². The molecule has 2 amide bonds. The number of hydrogen-bond acceptors (Lipinski definition) is 4. The van der Waals surface area contributed by atoms with Gasteiger partial charge in [0.1, 0.15) is 4.32 Å². The molecule has 0 aliphatic carbocycles. The topological polar surface area (TPSA) is 49.4 Å². The van der Waals surface area contributed by atoms with Gasteiger partial charge < -0.3 is 5.32 Å². The number of amides is 2. The average molecular weight is 376 g/mol. The van der Waals surface area contributed by atoms with Gasteiger partial charge in [0, 0.05) is 13.0 Å². The molecule has 0 spiro atoms. The van der Waals surface area contributed by atoms with Gasteiger partial charge in [0.2, 0.25) is 11.8 Å². The van der Waals surface area contributed by atoms with Crippen molar-refractivity contribution in [3.63, 3.8) is 0 Å². The zero-order chi connectivity index (χ0) is 17.9. The second-order valence-corrected chi connectivity index (χ2v) is 7.19. The van der Waals surface area contributed by atoms with Gasteiger partial charge in [-0.2, -0.15) is 13.2 Å². The van der Waals surface area contributed by atoms with Crippen LogP contribution in [0.4, 0.5) is 18.9 Å². The fourth-order valence-corrected chi connectivity index (χ4v) is 3.68. The number of hydrogen-bond donors (Lipinski definition) is 1. The maximum absolute atomic E-state index is 12.9. The van der Waals surface area contributed by atoms with E-state index in [-0.39, 0.29) is 29.8 Å². The highest BCUT2D eigenvalue weighted by atomic mass is 32.2. The average Bonchev–Trinajstić information content (AvgIpc) is 2.73. The summed E-state index contributed by atoms with van der Waals surface area (Å²) >= 11 is 6.36. The maximum atomic E-state index is 12.9. The minimum absolute atomic E-state index is 0.00235. The molecule has 1 saturated heterocycles. The first kappa shape index (κ1) is 18.7. The van der Waals surface area contributed by atoms with Crippen LogP contribution in [-0.2, 0) is 15.8 Å². The molecule has 0 bridgehead atoms. The monoisotopic (exact) mass is 376 g/mol. The second kappa shape index (κ2) is 7.52. The first-order valence-electron chi connectivity index (χ1n) is 7.18. The molecule has 4 nitrogen and oxygen atoms in total. The zero-order valence-electron chi connectivity index (χ0n) is 12.7. The summed E-state index contributed by atoms with van der Waals surface area (Å²) in [6.45, 7) is 2.03. The fraction of sp³-hybridized carbons (Fsp3) is 0.400. The van der Waals surface area contributed by atoms with E-state index in [4.69, 9.17) is 12.2 Å². The number of carbonyl (C=O) groups excluding carboxylic acids is 2. The third-order valence-corrected chi connectivity index (χ3v) is 4.89. The molecule has 1 aromatic rings. The van der Waals surface area contributed by atoms with Gasteiger partial charge in [0.15, 0.2) is 0 Å². The first-order valence-corrected chi connectivity index (χ1v) is 8.47. The van der Waals surface area contributed by atoms with Crippen molar-refractivity contribution in [3.05, 3.63) is 29.8 Å². The molecule has 130 valence electrons. The van der Waals surface area contributed by atoms with Crippen molar-refractivity contribution in [2.75, 3.05) is 11.9 Å². The van der Waals surface area contributed by atoms with Crippen LogP contribution in [0.25, 0.3) is 0 Å². The van der Waals surface area contributed by atoms with Crippen molar-refractivity contribution in [1.29, 1.82) is 0 Å². The molecule has 1 unspecified atom stereocenters. The molecule has 24 heavy (non-hydrogen) atoms. The fourth-order valence-electron chi connectivity index (χ4n) is 2.23. The summed E-state index contributed by atoms with van der Waals surface area (Å²) in [7, 11) is 0. The van der Waals surface area contributed by atoms with Crippen LogP contribution >= 0.6 is 24.0 Å². The molecule has 1 aliphatic heterocycles. The van der Waals surface area contributed by atoms with Gasteiger partial charge in [0.25, 0.3) is 0 Å². The Kier molecular flexibility index (Phi) is 5.87. The lowest BCUT2D eigenvalue weighted by Crippen LogP contribution is -2.32. The summed E-state index contributed by atoms with van der Waals surface area (Å²) in [5, 5.41) is 2.04. The first-order chi connectivity index (χ1) is 11.2. The van der Waals surface area contributed by atoms with Gasteiger partial charge in [-0.1, -0.05) is 36.1 Å². The van der Waals surface area contributed by atoms with E-state index in [0.29, 0.717) is 10.7 Å². The van der Waals surface area contributed by atoms with Crippen LogP contribution in [-0.4, -0.2) is 32.8 Å². The Hall–Kier alpha value is -1.61. The van der Waals surface area contributed by atoms with Gasteiger partial charge >= 0.3 is 6.18 Å². The standard InChI is InChI=1S/C15H15F3N2O2S2/c1-9-13(22)20(14(23)24-9)8-4-7-12(21)19-11-6-3-2-5-10(11)15(16,17)18/h2-3,5-6,9H,4,7-8H2,1H3,(H,19,21). The lowest BCUT2D eigenvalue weighted by atomic mass is 10.1. The normalized spacial score (nSPS) is 18.2. The van der Waals surface area contributed by atoms with E-state index in [2.05, 4.69) is 5.32 Å². The van der Waals surface area contributed by atoms with Crippen LogP contribution in [0.2, 0.25) is 0 Å². The SMILES string of the molecule is CC1SC(=S)N(CCCC(=O)Nc2ccccc2C(F)(F)F)C1=O. The number of thioether (sulfide) groups is 1. The number of benzene rings is 1. The molecule has 1 aromatic carbocycles. The summed E-state index contributed by atoms with van der Waals surface area (Å²) in [4.78, 5) is 25.1. The van der Waals surface area contributed by atoms with Crippen LogP contribution in [0.15, 0.2) is 24.3 Å². The number of nitrogens with zero attached hydrogens (tertiary/aromatic N) is 1. The summed E-state index contributed by atoms with van der Waals surface area (Å²) in [6.07, 6.45) is -4.22. The largest absolute Gasteiger partial charge is 0.418 e. The van der Waals surface area contributed by atoms with Crippen LogP contribution < -0.4 is 5.32 Å². The molecule has 9 heteroatoms. The van der Waals surface area contributed by atoms with Crippen molar-refractivity contribution in [2.45, 2.75) is 31.2 Å². The van der Waals surface area contributed by atoms with Gasteiger partial charge in [-0.25, -0.2) is 0 Å². The minimum atomic E-state index is -4.54. The van der Waals surface area contributed by atoms with Gasteiger partial charge in [-0.05, 0) is 25.5 Å².